The van der Waals surface area contributed by atoms with Gasteiger partial charge in [0.2, 0.25) is 16.0 Å². The second-order valence-electron chi connectivity index (χ2n) is 6.57. The van der Waals surface area contributed by atoms with Crippen molar-refractivity contribution in [2.75, 3.05) is 24.7 Å². The highest BCUT2D eigenvalue weighted by atomic mass is 35.5. The standard InChI is InChI=1S/C18H20ClN5O4S/c1-24(18(20)21)29(26,27)10-12-9-28-8-11-2-4-14(6-15(11)12)23-17(25)16-5-3-13(19)7-22-16/h2-7,12H,8-10H2,1H3,(H3,20,21)(H,23,25). The number of carbonyl (C=O) groups is 1. The lowest BCUT2D eigenvalue weighted by atomic mass is 9.94. The molecule has 4 N–H and O–H groups in total. The molecule has 1 atom stereocenters. The Morgan fingerprint density at radius 3 is 2.83 bits per heavy atom. The van der Waals surface area contributed by atoms with E-state index >= 15 is 0 Å². The summed E-state index contributed by atoms with van der Waals surface area (Å²) in [5.41, 5.74) is 7.62. The zero-order chi connectivity index (χ0) is 21.2. The van der Waals surface area contributed by atoms with Crippen LogP contribution in [0.3, 0.4) is 0 Å². The monoisotopic (exact) mass is 437 g/mol. The predicted octanol–water partition coefficient (Wildman–Crippen LogP) is 1.76. The molecule has 0 saturated carbocycles. The third kappa shape index (κ3) is 4.84. The summed E-state index contributed by atoms with van der Waals surface area (Å²) in [7, 11) is -2.56. The molecule has 0 spiro atoms. The summed E-state index contributed by atoms with van der Waals surface area (Å²) >= 11 is 5.79. The average Bonchev–Trinajstić information content (AvgIpc) is 2.68. The summed E-state index contributed by atoms with van der Waals surface area (Å²) in [6.45, 7) is 0.551. The predicted molar refractivity (Wildman–Crippen MR) is 110 cm³/mol. The van der Waals surface area contributed by atoms with Crippen LogP contribution in [0.2, 0.25) is 5.02 Å². The number of guanidine groups is 1. The molecule has 2 aromatic rings. The molecule has 0 saturated heterocycles. The van der Waals surface area contributed by atoms with Gasteiger partial charge >= 0.3 is 0 Å². The maximum absolute atomic E-state index is 12.5. The Hall–Kier alpha value is -2.69. The van der Waals surface area contributed by atoms with E-state index in [-0.39, 0.29) is 18.1 Å². The van der Waals surface area contributed by atoms with E-state index in [1.54, 1.807) is 24.3 Å². The molecular formula is C18H20ClN5O4S. The minimum absolute atomic E-state index is 0.202. The van der Waals surface area contributed by atoms with Gasteiger partial charge in [-0.15, -0.1) is 0 Å². The Balaban J connectivity index is 1.83. The van der Waals surface area contributed by atoms with Crippen LogP contribution < -0.4 is 11.1 Å². The zero-order valence-corrected chi connectivity index (χ0v) is 17.1. The minimum atomic E-state index is -3.79. The highest BCUT2D eigenvalue weighted by Gasteiger charge is 2.29. The molecule has 29 heavy (non-hydrogen) atoms. The number of benzene rings is 1. The van der Waals surface area contributed by atoms with Gasteiger partial charge in [0.05, 0.1) is 24.0 Å². The van der Waals surface area contributed by atoms with Crippen LogP contribution in [0.25, 0.3) is 0 Å². The molecule has 0 radical (unpaired) electrons. The highest BCUT2D eigenvalue weighted by molar-refractivity contribution is 7.89. The van der Waals surface area contributed by atoms with E-state index in [0.717, 1.165) is 15.4 Å². The minimum Gasteiger partial charge on any atom is -0.376 e. The van der Waals surface area contributed by atoms with E-state index in [4.69, 9.17) is 27.5 Å². The molecule has 154 valence electrons. The van der Waals surface area contributed by atoms with Gasteiger partial charge in [-0.2, -0.15) is 0 Å². The molecule has 11 heteroatoms. The number of nitrogens with one attached hydrogen (secondary N) is 2. The number of aromatic nitrogens is 1. The van der Waals surface area contributed by atoms with Crippen molar-refractivity contribution in [2.45, 2.75) is 12.5 Å². The number of rotatable bonds is 5. The first kappa shape index (κ1) is 21.0. The van der Waals surface area contributed by atoms with Gasteiger partial charge < -0.3 is 15.8 Å². The van der Waals surface area contributed by atoms with Crippen LogP contribution in [0.4, 0.5) is 5.69 Å². The molecule has 1 aromatic carbocycles. The number of anilines is 1. The number of nitrogens with two attached hydrogens (primary N) is 1. The third-order valence-corrected chi connectivity index (χ3v) is 6.63. The molecule has 3 rings (SSSR count). The number of hydrogen-bond acceptors (Lipinski definition) is 6. The van der Waals surface area contributed by atoms with Gasteiger partial charge in [0.25, 0.3) is 5.91 Å². The SMILES string of the molecule is CN(C(=N)N)S(=O)(=O)CC1COCc2ccc(NC(=O)c3ccc(Cl)cn3)cc21. The number of pyridine rings is 1. The van der Waals surface area contributed by atoms with Gasteiger partial charge in [-0.1, -0.05) is 17.7 Å². The molecule has 9 nitrogen and oxygen atoms in total. The Labute approximate surface area is 173 Å². The lowest BCUT2D eigenvalue weighted by molar-refractivity contribution is 0.0955. The molecule has 1 aliphatic rings. The van der Waals surface area contributed by atoms with Gasteiger partial charge in [0.1, 0.15) is 5.69 Å². The third-order valence-electron chi connectivity index (χ3n) is 4.55. The Bertz CT molecular complexity index is 1040. The van der Waals surface area contributed by atoms with Gasteiger partial charge in [0, 0.05) is 24.8 Å². The molecule has 0 fully saturated rings. The lowest BCUT2D eigenvalue weighted by Gasteiger charge is -2.28. The summed E-state index contributed by atoms with van der Waals surface area (Å²) < 4.78 is 31.2. The van der Waals surface area contributed by atoms with Crippen LogP contribution in [0.5, 0.6) is 0 Å². The fourth-order valence-corrected chi connectivity index (χ4v) is 4.36. The average molecular weight is 438 g/mol. The second-order valence-corrected chi connectivity index (χ2v) is 9.05. The van der Waals surface area contributed by atoms with Gasteiger partial charge in [-0.05, 0) is 35.4 Å². The topological polar surface area (TPSA) is 138 Å². The Morgan fingerprint density at radius 2 is 2.17 bits per heavy atom. The Morgan fingerprint density at radius 1 is 1.41 bits per heavy atom. The van der Waals surface area contributed by atoms with Crippen LogP contribution in [0, 0.1) is 5.41 Å². The van der Waals surface area contributed by atoms with E-state index < -0.39 is 27.8 Å². The first-order valence-electron chi connectivity index (χ1n) is 8.61. The summed E-state index contributed by atoms with van der Waals surface area (Å²) in [6, 6.07) is 8.32. The van der Waals surface area contributed by atoms with Crippen molar-refractivity contribution in [3.8, 4) is 0 Å². The highest BCUT2D eigenvalue weighted by Crippen LogP contribution is 2.31. The quantitative estimate of drug-likeness (QED) is 0.481. The van der Waals surface area contributed by atoms with E-state index in [9.17, 15) is 13.2 Å². The summed E-state index contributed by atoms with van der Waals surface area (Å²) in [6.07, 6.45) is 1.38. The molecule has 1 aliphatic heterocycles. The molecule has 1 aromatic heterocycles. The van der Waals surface area contributed by atoms with Crippen molar-refractivity contribution in [1.82, 2.24) is 9.29 Å². The van der Waals surface area contributed by atoms with Crippen LogP contribution in [-0.2, 0) is 21.4 Å². The maximum atomic E-state index is 12.5. The summed E-state index contributed by atoms with van der Waals surface area (Å²) in [5, 5.41) is 10.5. The second kappa shape index (κ2) is 8.36. The fraction of sp³-hybridized carbons (Fsp3) is 0.278. The smallest absolute Gasteiger partial charge is 0.274 e. The van der Waals surface area contributed by atoms with Crippen LogP contribution >= 0.6 is 11.6 Å². The van der Waals surface area contributed by atoms with Crippen LogP contribution in [0.15, 0.2) is 36.5 Å². The summed E-state index contributed by atoms with van der Waals surface area (Å²) in [4.78, 5) is 16.4. The van der Waals surface area contributed by atoms with Crippen molar-refractivity contribution >= 4 is 39.2 Å². The number of ether oxygens (including phenoxy) is 1. The first-order valence-corrected chi connectivity index (χ1v) is 10.6. The van der Waals surface area contributed by atoms with Crippen molar-refractivity contribution in [3.05, 3.63) is 58.4 Å². The first-order chi connectivity index (χ1) is 13.7. The lowest BCUT2D eigenvalue weighted by Crippen LogP contribution is -2.41. The van der Waals surface area contributed by atoms with E-state index in [0.29, 0.717) is 17.3 Å². The maximum Gasteiger partial charge on any atom is 0.274 e. The normalized spacial score (nSPS) is 16.0. The fourth-order valence-electron chi connectivity index (χ4n) is 2.94. The van der Waals surface area contributed by atoms with Crippen molar-refractivity contribution in [2.24, 2.45) is 5.73 Å². The molecule has 1 unspecified atom stereocenters. The van der Waals surface area contributed by atoms with Gasteiger partial charge in [-0.25, -0.2) is 17.7 Å². The Kier molecular flexibility index (Phi) is 6.06. The largest absolute Gasteiger partial charge is 0.376 e. The van der Waals surface area contributed by atoms with Crippen molar-refractivity contribution < 1.29 is 17.9 Å². The number of sulfonamides is 1. The summed E-state index contributed by atoms with van der Waals surface area (Å²) in [5.74, 6) is -1.70. The molecule has 0 aliphatic carbocycles. The molecular weight excluding hydrogens is 418 g/mol. The number of hydrogen-bond donors (Lipinski definition) is 3. The molecule has 1 amide bonds. The number of carbonyl (C=O) groups excluding carboxylic acids is 1. The van der Waals surface area contributed by atoms with E-state index in [2.05, 4.69) is 10.3 Å². The van der Waals surface area contributed by atoms with Crippen LogP contribution in [-0.4, -0.2) is 49.0 Å². The number of fused-ring (bicyclic) bond motifs is 1. The van der Waals surface area contributed by atoms with Gasteiger partial charge in [-0.3, -0.25) is 10.2 Å². The van der Waals surface area contributed by atoms with E-state index in [1.807, 2.05) is 0 Å². The molecule has 0 bridgehead atoms. The van der Waals surface area contributed by atoms with Gasteiger partial charge in [0.15, 0.2) is 0 Å². The molecule has 2 heterocycles. The van der Waals surface area contributed by atoms with Crippen molar-refractivity contribution in [3.63, 3.8) is 0 Å². The number of halogens is 1. The number of amides is 1. The number of nitrogens with zero attached hydrogens (tertiary/aromatic N) is 2. The van der Waals surface area contributed by atoms with Crippen molar-refractivity contribution in [1.29, 1.82) is 5.41 Å². The van der Waals surface area contributed by atoms with Crippen LogP contribution in [0.1, 0.15) is 27.5 Å². The zero-order valence-electron chi connectivity index (χ0n) is 15.6. The van der Waals surface area contributed by atoms with E-state index in [1.165, 1.54) is 19.3 Å².